The quantitative estimate of drug-likeness (QED) is 0.897. The summed E-state index contributed by atoms with van der Waals surface area (Å²) in [5.41, 5.74) is 9.66. The van der Waals surface area contributed by atoms with Crippen molar-refractivity contribution in [2.75, 3.05) is 13.1 Å². The van der Waals surface area contributed by atoms with Crippen LogP contribution in [-0.2, 0) is 30.8 Å². The van der Waals surface area contributed by atoms with E-state index in [0.717, 1.165) is 26.1 Å². The third kappa shape index (κ3) is 3.78. The van der Waals surface area contributed by atoms with Gasteiger partial charge in [0.25, 0.3) is 0 Å². The second-order valence-corrected chi connectivity index (χ2v) is 8.20. The summed E-state index contributed by atoms with van der Waals surface area (Å²) in [4.78, 5) is 18.1. The number of likely N-dealkylation sites (tertiary alicyclic amines) is 1. The molecule has 0 aliphatic carbocycles. The molecule has 4 rings (SSSR count). The minimum atomic E-state index is -0.219. The second kappa shape index (κ2) is 7.28. The summed E-state index contributed by atoms with van der Waals surface area (Å²) < 4.78 is 0. The highest BCUT2D eigenvalue weighted by molar-refractivity contribution is 7.10. The first-order valence-corrected chi connectivity index (χ1v) is 9.96. The number of carbonyl (C=O) groups is 1. The van der Waals surface area contributed by atoms with E-state index in [0.29, 0.717) is 0 Å². The monoisotopic (exact) mass is 355 g/mol. The Morgan fingerprint density at radius 3 is 2.68 bits per heavy atom. The van der Waals surface area contributed by atoms with Crippen molar-refractivity contribution in [3.63, 3.8) is 0 Å². The molecule has 25 heavy (non-hydrogen) atoms. The van der Waals surface area contributed by atoms with Crippen molar-refractivity contribution in [2.45, 2.75) is 44.9 Å². The number of primary amides is 1. The summed E-state index contributed by atoms with van der Waals surface area (Å²) >= 11 is 1.80. The molecule has 132 valence electrons. The van der Waals surface area contributed by atoms with Gasteiger partial charge in [-0.1, -0.05) is 24.3 Å². The Hall–Kier alpha value is -1.69. The van der Waals surface area contributed by atoms with Crippen LogP contribution in [0, 0.1) is 0 Å². The molecule has 0 spiro atoms. The van der Waals surface area contributed by atoms with E-state index >= 15 is 0 Å². The van der Waals surface area contributed by atoms with Gasteiger partial charge in [-0.25, -0.2) is 0 Å². The maximum atomic E-state index is 12.0. The van der Waals surface area contributed by atoms with Crippen molar-refractivity contribution in [1.29, 1.82) is 0 Å². The molecule has 0 saturated carbocycles. The average molecular weight is 356 g/mol. The van der Waals surface area contributed by atoms with Crippen LogP contribution in [0.5, 0.6) is 0 Å². The Bertz CT molecular complexity index is 751. The normalized spacial score (nSPS) is 21.4. The largest absolute Gasteiger partial charge is 0.368 e. The van der Waals surface area contributed by atoms with Crippen molar-refractivity contribution < 1.29 is 4.79 Å². The molecule has 4 nitrogen and oxygen atoms in total. The highest BCUT2D eigenvalue weighted by atomic mass is 32.1. The topological polar surface area (TPSA) is 49.6 Å². The van der Waals surface area contributed by atoms with Gasteiger partial charge in [-0.2, -0.15) is 0 Å². The van der Waals surface area contributed by atoms with E-state index < -0.39 is 0 Å². The van der Waals surface area contributed by atoms with Crippen molar-refractivity contribution in [1.82, 2.24) is 9.80 Å². The van der Waals surface area contributed by atoms with Crippen molar-refractivity contribution >= 4 is 17.2 Å². The molecule has 0 bridgehead atoms. The fourth-order valence-electron chi connectivity index (χ4n) is 4.02. The molecule has 1 fully saturated rings. The smallest absolute Gasteiger partial charge is 0.235 e. The zero-order valence-corrected chi connectivity index (χ0v) is 15.3. The van der Waals surface area contributed by atoms with Crippen LogP contribution in [0.3, 0.4) is 0 Å². The van der Waals surface area contributed by atoms with E-state index in [1.165, 1.54) is 47.5 Å². The number of thiophene rings is 1. The maximum Gasteiger partial charge on any atom is 0.235 e. The van der Waals surface area contributed by atoms with Crippen molar-refractivity contribution in [3.05, 3.63) is 57.3 Å². The van der Waals surface area contributed by atoms with Gasteiger partial charge in [0.2, 0.25) is 5.91 Å². The lowest BCUT2D eigenvalue weighted by Crippen LogP contribution is -2.47. The molecular weight excluding hydrogens is 330 g/mol. The molecule has 1 amide bonds. The fraction of sp³-hybridized carbons (Fsp3) is 0.450. The van der Waals surface area contributed by atoms with Gasteiger partial charge in [0.1, 0.15) is 0 Å². The van der Waals surface area contributed by atoms with Gasteiger partial charge in [0.05, 0.1) is 6.04 Å². The first-order chi connectivity index (χ1) is 12.2. The summed E-state index contributed by atoms with van der Waals surface area (Å²) in [6, 6.07) is 10.5. The summed E-state index contributed by atoms with van der Waals surface area (Å²) in [6.45, 7) is 5.09. The lowest BCUT2D eigenvalue weighted by Gasteiger charge is -2.34. The first kappa shape index (κ1) is 16.8. The second-order valence-electron chi connectivity index (χ2n) is 7.20. The molecule has 1 atom stereocenters. The van der Waals surface area contributed by atoms with Crippen LogP contribution < -0.4 is 5.73 Å². The van der Waals surface area contributed by atoms with Crippen LogP contribution in [0.15, 0.2) is 35.7 Å². The Kier molecular flexibility index (Phi) is 4.88. The predicted molar refractivity (Wildman–Crippen MR) is 101 cm³/mol. The number of benzene rings is 1. The number of hydrogen-bond acceptors (Lipinski definition) is 4. The molecular formula is C20H25N3OS. The van der Waals surface area contributed by atoms with Crippen LogP contribution in [0.25, 0.3) is 0 Å². The fourth-order valence-corrected chi connectivity index (χ4v) is 4.92. The van der Waals surface area contributed by atoms with E-state index in [-0.39, 0.29) is 11.9 Å². The van der Waals surface area contributed by atoms with Gasteiger partial charge < -0.3 is 5.73 Å². The summed E-state index contributed by atoms with van der Waals surface area (Å²) in [6.07, 6.45) is 3.37. The van der Waals surface area contributed by atoms with Crippen LogP contribution in [0.4, 0.5) is 0 Å². The minimum absolute atomic E-state index is 0.209. The molecule has 5 heteroatoms. The van der Waals surface area contributed by atoms with Crippen LogP contribution >= 0.6 is 11.3 Å². The number of fused-ring (bicyclic) bond motifs is 1. The van der Waals surface area contributed by atoms with Crippen LogP contribution in [-0.4, -0.2) is 34.8 Å². The summed E-state index contributed by atoms with van der Waals surface area (Å²) in [5.74, 6) is -0.219. The maximum absolute atomic E-state index is 12.0. The van der Waals surface area contributed by atoms with E-state index in [4.69, 9.17) is 5.73 Å². The molecule has 0 radical (unpaired) electrons. The standard InChI is InChI=1S/C20H25N3OS/c21-20(24)19-10-16-5-1-2-6-17(16)12-23(19)13-18-9-15(14-25-18)11-22-7-3-4-8-22/h1-2,5-6,9,14,19H,3-4,7-8,10-13H2,(H2,21,24)/t19-/m0/s1. The van der Waals surface area contributed by atoms with Crippen molar-refractivity contribution in [2.24, 2.45) is 5.73 Å². The summed E-state index contributed by atoms with van der Waals surface area (Å²) in [5, 5.41) is 2.27. The number of hydrogen-bond donors (Lipinski definition) is 1. The lowest BCUT2D eigenvalue weighted by molar-refractivity contribution is -0.124. The number of amides is 1. The third-order valence-corrected chi connectivity index (χ3v) is 6.32. The van der Waals surface area contributed by atoms with Gasteiger partial charge in [-0.05, 0) is 60.5 Å². The lowest BCUT2D eigenvalue weighted by atomic mass is 9.93. The Morgan fingerprint density at radius 2 is 1.92 bits per heavy atom. The highest BCUT2D eigenvalue weighted by Crippen LogP contribution is 2.27. The Balaban J connectivity index is 1.47. The van der Waals surface area contributed by atoms with E-state index in [2.05, 4.69) is 39.4 Å². The molecule has 0 unspecified atom stereocenters. The molecule has 2 aliphatic rings. The Morgan fingerprint density at radius 1 is 1.16 bits per heavy atom. The van der Waals surface area contributed by atoms with Gasteiger partial charge in [0.15, 0.2) is 0 Å². The Labute approximate surface area is 153 Å². The van der Waals surface area contributed by atoms with Crippen LogP contribution in [0.2, 0.25) is 0 Å². The third-order valence-electron chi connectivity index (χ3n) is 5.35. The van der Waals surface area contributed by atoms with Gasteiger partial charge >= 0.3 is 0 Å². The van der Waals surface area contributed by atoms with Gasteiger partial charge in [-0.3, -0.25) is 14.6 Å². The number of carbonyl (C=O) groups excluding carboxylic acids is 1. The highest BCUT2D eigenvalue weighted by Gasteiger charge is 2.30. The van der Waals surface area contributed by atoms with E-state index in [1.807, 2.05) is 6.07 Å². The zero-order chi connectivity index (χ0) is 17.2. The molecule has 1 aromatic heterocycles. The molecule has 2 aliphatic heterocycles. The number of nitrogens with two attached hydrogens (primary N) is 1. The zero-order valence-electron chi connectivity index (χ0n) is 14.5. The van der Waals surface area contributed by atoms with E-state index in [1.54, 1.807) is 11.3 Å². The molecule has 1 aromatic carbocycles. The predicted octanol–water partition coefficient (Wildman–Crippen LogP) is 2.76. The molecule has 1 saturated heterocycles. The average Bonchev–Trinajstić information content (AvgIpc) is 3.27. The molecule has 2 N–H and O–H groups in total. The number of nitrogens with zero attached hydrogens (tertiary/aromatic N) is 2. The van der Waals surface area contributed by atoms with E-state index in [9.17, 15) is 4.79 Å². The van der Waals surface area contributed by atoms with Crippen molar-refractivity contribution in [3.8, 4) is 0 Å². The number of rotatable bonds is 5. The summed E-state index contributed by atoms with van der Waals surface area (Å²) in [7, 11) is 0. The first-order valence-electron chi connectivity index (χ1n) is 9.08. The van der Waals surface area contributed by atoms with Gasteiger partial charge in [0, 0.05) is 24.5 Å². The molecule has 3 heterocycles. The SMILES string of the molecule is NC(=O)[C@@H]1Cc2ccccc2CN1Cc1cc(CN2CCCC2)cs1. The van der Waals surface area contributed by atoms with Gasteiger partial charge in [-0.15, -0.1) is 11.3 Å². The molecule has 2 aromatic rings. The minimum Gasteiger partial charge on any atom is -0.368 e. The van der Waals surface area contributed by atoms with Crippen LogP contribution in [0.1, 0.15) is 34.4 Å².